The molecule has 4 rings (SSSR count). The molecule has 0 atom stereocenters. The Bertz CT molecular complexity index is 686. The summed E-state index contributed by atoms with van der Waals surface area (Å²) in [5.41, 5.74) is 1.44. The Morgan fingerprint density at radius 2 is 2.00 bits per heavy atom. The fourth-order valence-corrected chi connectivity index (χ4v) is 4.47. The molecule has 0 spiro atoms. The first-order valence-electron chi connectivity index (χ1n) is 9.02. The quantitative estimate of drug-likeness (QED) is 0.827. The summed E-state index contributed by atoms with van der Waals surface area (Å²) in [5.74, 6) is 2.76. The Labute approximate surface area is 148 Å². The average molecular weight is 343 g/mol. The normalized spacial score (nSPS) is 19.6. The fourth-order valence-electron chi connectivity index (χ4n) is 3.52. The lowest BCUT2D eigenvalue weighted by atomic mass is 10.0. The number of thiophene rings is 1. The average Bonchev–Trinajstić information content (AvgIpc) is 3.39. The van der Waals surface area contributed by atoms with Crippen molar-refractivity contribution >= 4 is 17.2 Å². The lowest BCUT2D eigenvalue weighted by molar-refractivity contribution is 0.204. The minimum Gasteiger partial charge on any atom is -0.356 e. The van der Waals surface area contributed by atoms with Gasteiger partial charge in [-0.05, 0) is 55.7 Å². The van der Waals surface area contributed by atoms with E-state index in [1.54, 1.807) is 0 Å². The van der Waals surface area contributed by atoms with E-state index < -0.39 is 0 Å². The molecule has 5 heteroatoms. The standard InChI is InChI=1S/C19H26N4S/c1-14-8-12-24-17(14)13-23-10-6-16(7-11-23)22(2)18-5-9-20-19(21-18)15-3-4-15/h5,8-9,12,15-16H,3-4,6-7,10-11,13H2,1-2H3. The van der Waals surface area contributed by atoms with Crippen molar-refractivity contribution in [1.82, 2.24) is 14.9 Å². The lowest BCUT2D eigenvalue weighted by Crippen LogP contribution is -2.43. The minimum atomic E-state index is 0.590. The zero-order chi connectivity index (χ0) is 16.5. The highest BCUT2D eigenvalue weighted by Crippen LogP contribution is 2.38. The van der Waals surface area contributed by atoms with Gasteiger partial charge in [-0.1, -0.05) is 0 Å². The molecule has 1 saturated heterocycles. The van der Waals surface area contributed by atoms with E-state index in [1.165, 1.54) is 49.2 Å². The molecule has 2 aliphatic rings. The molecule has 2 aromatic heterocycles. The number of piperidine rings is 1. The SMILES string of the molecule is Cc1ccsc1CN1CCC(N(C)c2ccnc(C3CC3)n2)CC1. The molecular formula is C19H26N4S. The van der Waals surface area contributed by atoms with Crippen LogP contribution in [0.4, 0.5) is 5.82 Å². The molecule has 0 N–H and O–H groups in total. The molecule has 0 radical (unpaired) electrons. The van der Waals surface area contributed by atoms with E-state index in [0.717, 1.165) is 18.2 Å². The molecular weight excluding hydrogens is 316 g/mol. The van der Waals surface area contributed by atoms with Gasteiger partial charge in [0.05, 0.1) is 0 Å². The van der Waals surface area contributed by atoms with Gasteiger partial charge >= 0.3 is 0 Å². The van der Waals surface area contributed by atoms with Gasteiger partial charge in [-0.2, -0.15) is 0 Å². The van der Waals surface area contributed by atoms with Crippen LogP contribution in [-0.2, 0) is 6.54 Å². The van der Waals surface area contributed by atoms with Gasteiger partial charge < -0.3 is 4.90 Å². The third-order valence-electron chi connectivity index (χ3n) is 5.40. The molecule has 3 heterocycles. The minimum absolute atomic E-state index is 0.590. The van der Waals surface area contributed by atoms with E-state index in [9.17, 15) is 0 Å². The van der Waals surface area contributed by atoms with Crippen molar-refractivity contribution in [3.05, 3.63) is 40.0 Å². The van der Waals surface area contributed by atoms with E-state index in [0.29, 0.717) is 12.0 Å². The van der Waals surface area contributed by atoms with Crippen LogP contribution >= 0.6 is 11.3 Å². The largest absolute Gasteiger partial charge is 0.356 e. The predicted octanol–water partition coefficient (Wildman–Crippen LogP) is 3.82. The first kappa shape index (κ1) is 16.0. The molecule has 1 saturated carbocycles. The summed E-state index contributed by atoms with van der Waals surface area (Å²) in [5, 5.41) is 2.21. The summed E-state index contributed by atoms with van der Waals surface area (Å²) in [6.45, 7) is 5.68. The van der Waals surface area contributed by atoms with Crippen molar-refractivity contribution < 1.29 is 0 Å². The van der Waals surface area contributed by atoms with Crippen LogP contribution in [0.1, 0.15) is 47.9 Å². The third kappa shape index (κ3) is 3.47. The monoisotopic (exact) mass is 342 g/mol. The number of aryl methyl sites for hydroxylation is 1. The van der Waals surface area contributed by atoms with Crippen LogP contribution in [0.5, 0.6) is 0 Å². The molecule has 128 valence electrons. The molecule has 0 aromatic carbocycles. The van der Waals surface area contributed by atoms with Gasteiger partial charge in [0.2, 0.25) is 0 Å². The Balaban J connectivity index is 1.35. The second-order valence-corrected chi connectivity index (χ2v) is 8.19. The predicted molar refractivity (Wildman–Crippen MR) is 99.8 cm³/mol. The van der Waals surface area contributed by atoms with Gasteiger partial charge in [0.1, 0.15) is 11.6 Å². The Morgan fingerprint density at radius 3 is 2.67 bits per heavy atom. The number of rotatable bonds is 5. The van der Waals surface area contributed by atoms with Crippen LogP contribution in [0.3, 0.4) is 0 Å². The highest BCUT2D eigenvalue weighted by Gasteiger charge is 2.28. The van der Waals surface area contributed by atoms with E-state index >= 15 is 0 Å². The first-order valence-corrected chi connectivity index (χ1v) is 9.90. The van der Waals surface area contributed by atoms with Gasteiger partial charge in [-0.25, -0.2) is 9.97 Å². The summed E-state index contributed by atoms with van der Waals surface area (Å²) >= 11 is 1.89. The van der Waals surface area contributed by atoms with Gasteiger partial charge in [0.15, 0.2) is 0 Å². The van der Waals surface area contributed by atoms with Gasteiger partial charge in [0, 0.05) is 49.7 Å². The number of likely N-dealkylation sites (tertiary alicyclic amines) is 1. The van der Waals surface area contributed by atoms with Gasteiger partial charge in [-0.15, -0.1) is 11.3 Å². The van der Waals surface area contributed by atoms with Crippen molar-refractivity contribution in [3.8, 4) is 0 Å². The van der Waals surface area contributed by atoms with Crippen LogP contribution in [0.25, 0.3) is 0 Å². The van der Waals surface area contributed by atoms with Crippen molar-refractivity contribution in [2.45, 2.75) is 51.1 Å². The van der Waals surface area contributed by atoms with Crippen LogP contribution in [0.2, 0.25) is 0 Å². The number of aromatic nitrogens is 2. The number of hydrogen-bond acceptors (Lipinski definition) is 5. The summed E-state index contributed by atoms with van der Waals surface area (Å²) < 4.78 is 0. The van der Waals surface area contributed by atoms with Crippen LogP contribution in [0, 0.1) is 6.92 Å². The molecule has 0 amide bonds. The summed E-state index contributed by atoms with van der Waals surface area (Å²) in [7, 11) is 2.20. The molecule has 4 nitrogen and oxygen atoms in total. The highest BCUT2D eigenvalue weighted by atomic mass is 32.1. The van der Waals surface area contributed by atoms with E-state index in [1.807, 2.05) is 17.5 Å². The Morgan fingerprint density at radius 1 is 1.21 bits per heavy atom. The third-order valence-corrected chi connectivity index (χ3v) is 6.41. The molecule has 0 unspecified atom stereocenters. The van der Waals surface area contributed by atoms with Gasteiger partial charge in [0.25, 0.3) is 0 Å². The molecule has 1 aliphatic heterocycles. The summed E-state index contributed by atoms with van der Waals surface area (Å²) in [6.07, 6.45) is 6.87. The second kappa shape index (κ2) is 6.81. The van der Waals surface area contributed by atoms with E-state index in [2.05, 4.69) is 46.3 Å². The van der Waals surface area contributed by atoms with Gasteiger partial charge in [-0.3, -0.25) is 4.90 Å². The van der Waals surface area contributed by atoms with Crippen molar-refractivity contribution in [2.24, 2.45) is 0 Å². The maximum Gasteiger partial charge on any atom is 0.133 e. The van der Waals surface area contributed by atoms with Crippen molar-refractivity contribution in [3.63, 3.8) is 0 Å². The van der Waals surface area contributed by atoms with Crippen molar-refractivity contribution in [1.29, 1.82) is 0 Å². The molecule has 0 bridgehead atoms. The maximum absolute atomic E-state index is 4.80. The molecule has 24 heavy (non-hydrogen) atoms. The lowest BCUT2D eigenvalue weighted by Gasteiger charge is -2.37. The van der Waals surface area contributed by atoms with E-state index in [4.69, 9.17) is 4.98 Å². The smallest absolute Gasteiger partial charge is 0.133 e. The summed E-state index contributed by atoms with van der Waals surface area (Å²) in [6, 6.07) is 4.88. The Kier molecular flexibility index (Phi) is 4.55. The van der Waals surface area contributed by atoms with Crippen LogP contribution < -0.4 is 4.90 Å². The number of anilines is 1. The first-order chi connectivity index (χ1) is 11.7. The molecule has 2 aromatic rings. The topological polar surface area (TPSA) is 32.3 Å². The van der Waals surface area contributed by atoms with Crippen LogP contribution in [0.15, 0.2) is 23.7 Å². The van der Waals surface area contributed by atoms with Crippen LogP contribution in [-0.4, -0.2) is 41.0 Å². The second-order valence-electron chi connectivity index (χ2n) is 7.19. The zero-order valence-electron chi connectivity index (χ0n) is 14.6. The Hall–Kier alpha value is -1.46. The number of hydrogen-bond donors (Lipinski definition) is 0. The van der Waals surface area contributed by atoms with Crippen molar-refractivity contribution in [2.75, 3.05) is 25.0 Å². The maximum atomic E-state index is 4.80. The number of nitrogens with zero attached hydrogens (tertiary/aromatic N) is 4. The fraction of sp³-hybridized carbons (Fsp3) is 0.579. The zero-order valence-corrected chi connectivity index (χ0v) is 15.4. The van der Waals surface area contributed by atoms with E-state index in [-0.39, 0.29) is 0 Å². The molecule has 1 aliphatic carbocycles. The molecule has 2 fully saturated rings. The highest BCUT2D eigenvalue weighted by molar-refractivity contribution is 7.10. The summed E-state index contributed by atoms with van der Waals surface area (Å²) in [4.78, 5) is 15.7.